The van der Waals surface area contributed by atoms with Gasteiger partial charge in [0.25, 0.3) is 0 Å². The summed E-state index contributed by atoms with van der Waals surface area (Å²) in [6.45, 7) is 4.31. The largest absolute Gasteiger partial charge is 0.353 e. The molecule has 0 fully saturated rings. The zero-order chi connectivity index (χ0) is 13.7. The molecule has 0 spiro atoms. The predicted molar refractivity (Wildman–Crippen MR) is 74.3 cm³/mol. The molecule has 3 N–H and O–H groups in total. The molecule has 2 atom stereocenters. The van der Waals surface area contributed by atoms with Crippen LogP contribution in [0.3, 0.4) is 0 Å². The number of amides is 1. The molecular formula is C14H23N3O. The summed E-state index contributed by atoms with van der Waals surface area (Å²) in [6, 6.07) is 8.05. The molecule has 0 radical (unpaired) electrons. The van der Waals surface area contributed by atoms with Gasteiger partial charge in [-0.05, 0) is 33.5 Å². The third-order valence-electron chi connectivity index (χ3n) is 2.97. The Bertz CT molecular complexity index is 385. The Morgan fingerprint density at radius 3 is 2.33 bits per heavy atom. The lowest BCUT2D eigenvalue weighted by molar-refractivity contribution is -0.122. The fourth-order valence-electron chi connectivity index (χ4n) is 1.75. The van der Waals surface area contributed by atoms with Crippen LogP contribution in [-0.2, 0) is 4.79 Å². The molecule has 4 heteroatoms. The lowest BCUT2D eigenvalue weighted by Crippen LogP contribution is -2.42. The van der Waals surface area contributed by atoms with E-state index < -0.39 is 6.04 Å². The summed E-state index contributed by atoms with van der Waals surface area (Å²) in [7, 11) is 4.01. The average Bonchev–Trinajstić information content (AvgIpc) is 2.30. The van der Waals surface area contributed by atoms with Gasteiger partial charge < -0.3 is 16.0 Å². The molecule has 1 aromatic rings. The minimum Gasteiger partial charge on any atom is -0.353 e. The molecule has 0 aromatic heterocycles. The van der Waals surface area contributed by atoms with Gasteiger partial charge in [0.05, 0.1) is 12.1 Å². The molecule has 0 aliphatic rings. The fraction of sp³-hybridized carbons (Fsp3) is 0.500. The zero-order valence-electron chi connectivity index (χ0n) is 11.6. The van der Waals surface area contributed by atoms with Crippen LogP contribution in [0.2, 0.25) is 0 Å². The number of carbonyl (C=O) groups excluding carboxylic acids is 1. The molecule has 0 heterocycles. The van der Waals surface area contributed by atoms with Crippen molar-refractivity contribution in [1.82, 2.24) is 10.2 Å². The highest BCUT2D eigenvalue weighted by Crippen LogP contribution is 2.17. The van der Waals surface area contributed by atoms with Crippen LogP contribution < -0.4 is 11.1 Å². The normalized spacial score (nSPS) is 14.3. The number of nitrogens with one attached hydrogen (secondary N) is 1. The monoisotopic (exact) mass is 249 g/mol. The van der Waals surface area contributed by atoms with E-state index in [4.69, 9.17) is 5.73 Å². The van der Waals surface area contributed by atoms with E-state index >= 15 is 0 Å². The maximum Gasteiger partial charge on any atom is 0.236 e. The number of hydrogen-bond donors (Lipinski definition) is 2. The van der Waals surface area contributed by atoms with Crippen molar-refractivity contribution in [1.29, 1.82) is 0 Å². The van der Waals surface area contributed by atoms with Crippen molar-refractivity contribution in [3.05, 3.63) is 35.4 Å². The van der Waals surface area contributed by atoms with E-state index in [0.29, 0.717) is 6.54 Å². The molecule has 1 aromatic carbocycles. The second-order valence-electron chi connectivity index (χ2n) is 4.92. The van der Waals surface area contributed by atoms with Crippen LogP contribution in [0, 0.1) is 6.92 Å². The molecule has 0 bridgehead atoms. The molecular weight excluding hydrogens is 226 g/mol. The van der Waals surface area contributed by atoms with E-state index in [1.54, 1.807) is 6.92 Å². The van der Waals surface area contributed by atoms with E-state index in [1.165, 1.54) is 11.1 Å². The van der Waals surface area contributed by atoms with Crippen molar-refractivity contribution in [2.45, 2.75) is 25.9 Å². The van der Waals surface area contributed by atoms with Gasteiger partial charge in [-0.15, -0.1) is 0 Å². The Morgan fingerprint density at radius 2 is 1.89 bits per heavy atom. The van der Waals surface area contributed by atoms with Gasteiger partial charge in [-0.1, -0.05) is 29.8 Å². The number of benzene rings is 1. The molecule has 0 saturated carbocycles. The fourth-order valence-corrected chi connectivity index (χ4v) is 1.75. The minimum absolute atomic E-state index is 0.117. The highest BCUT2D eigenvalue weighted by atomic mass is 16.2. The van der Waals surface area contributed by atoms with Crippen LogP contribution in [0.5, 0.6) is 0 Å². The maximum absolute atomic E-state index is 11.5. The van der Waals surface area contributed by atoms with Crippen molar-refractivity contribution in [3.8, 4) is 0 Å². The number of rotatable bonds is 5. The van der Waals surface area contributed by atoms with Gasteiger partial charge in [0.15, 0.2) is 0 Å². The molecule has 18 heavy (non-hydrogen) atoms. The van der Waals surface area contributed by atoms with Gasteiger partial charge in [-0.3, -0.25) is 4.79 Å². The van der Waals surface area contributed by atoms with Crippen LogP contribution in [0.1, 0.15) is 24.1 Å². The number of likely N-dealkylation sites (N-methyl/N-ethyl adjacent to an activating group) is 1. The van der Waals surface area contributed by atoms with Crippen molar-refractivity contribution < 1.29 is 4.79 Å². The van der Waals surface area contributed by atoms with Crippen LogP contribution in [0.25, 0.3) is 0 Å². The van der Waals surface area contributed by atoms with Crippen LogP contribution >= 0.6 is 0 Å². The van der Waals surface area contributed by atoms with Crippen LogP contribution in [0.4, 0.5) is 0 Å². The van der Waals surface area contributed by atoms with Gasteiger partial charge in [-0.2, -0.15) is 0 Å². The zero-order valence-corrected chi connectivity index (χ0v) is 11.6. The summed E-state index contributed by atoms with van der Waals surface area (Å²) in [6.07, 6.45) is 0. The maximum atomic E-state index is 11.5. The molecule has 1 amide bonds. The second kappa shape index (κ2) is 6.52. The van der Waals surface area contributed by atoms with E-state index in [-0.39, 0.29) is 11.9 Å². The van der Waals surface area contributed by atoms with Crippen molar-refractivity contribution in [2.24, 2.45) is 5.73 Å². The van der Waals surface area contributed by atoms with E-state index in [9.17, 15) is 4.79 Å². The molecule has 1 unspecified atom stereocenters. The molecule has 100 valence electrons. The number of carbonyl (C=O) groups is 1. The van der Waals surface area contributed by atoms with E-state index in [2.05, 4.69) is 41.4 Å². The Labute approximate surface area is 109 Å². The molecule has 0 aliphatic carbocycles. The van der Waals surface area contributed by atoms with Gasteiger partial charge in [0.1, 0.15) is 0 Å². The lowest BCUT2D eigenvalue weighted by atomic mass is 10.0. The van der Waals surface area contributed by atoms with Crippen molar-refractivity contribution in [3.63, 3.8) is 0 Å². The van der Waals surface area contributed by atoms with Crippen LogP contribution in [0.15, 0.2) is 24.3 Å². The lowest BCUT2D eigenvalue weighted by Gasteiger charge is -2.25. The SMILES string of the molecule is Cc1ccc(C(CNC(=O)[C@@H](C)N)N(C)C)cc1. The summed E-state index contributed by atoms with van der Waals surface area (Å²) >= 11 is 0. The van der Waals surface area contributed by atoms with Gasteiger partial charge in [0, 0.05) is 6.54 Å². The Kier molecular flexibility index (Phi) is 5.31. The van der Waals surface area contributed by atoms with Crippen molar-refractivity contribution in [2.75, 3.05) is 20.6 Å². The number of nitrogens with two attached hydrogens (primary N) is 1. The topological polar surface area (TPSA) is 58.4 Å². The molecule has 1 rings (SSSR count). The number of aryl methyl sites for hydroxylation is 1. The predicted octanol–water partition coefficient (Wildman–Crippen LogP) is 1.06. The Balaban J connectivity index is 2.72. The summed E-state index contributed by atoms with van der Waals surface area (Å²) in [5, 5.41) is 2.87. The van der Waals surface area contributed by atoms with Gasteiger partial charge in [0.2, 0.25) is 5.91 Å². The summed E-state index contributed by atoms with van der Waals surface area (Å²) in [5.74, 6) is -0.117. The smallest absolute Gasteiger partial charge is 0.236 e. The number of nitrogens with zero attached hydrogens (tertiary/aromatic N) is 1. The van der Waals surface area contributed by atoms with E-state index in [1.807, 2.05) is 14.1 Å². The summed E-state index contributed by atoms with van der Waals surface area (Å²) in [5.41, 5.74) is 7.95. The van der Waals surface area contributed by atoms with Gasteiger partial charge in [-0.25, -0.2) is 0 Å². The van der Waals surface area contributed by atoms with Gasteiger partial charge >= 0.3 is 0 Å². The average molecular weight is 249 g/mol. The standard InChI is InChI=1S/C14H23N3O/c1-10-5-7-12(8-6-10)13(17(3)4)9-16-14(18)11(2)15/h5-8,11,13H,9,15H2,1-4H3,(H,16,18)/t11-,13?/m1/s1. The quantitative estimate of drug-likeness (QED) is 0.820. The number of hydrogen-bond acceptors (Lipinski definition) is 3. The van der Waals surface area contributed by atoms with Crippen LogP contribution in [-0.4, -0.2) is 37.5 Å². The highest BCUT2D eigenvalue weighted by Gasteiger charge is 2.16. The first-order valence-electron chi connectivity index (χ1n) is 6.18. The Hall–Kier alpha value is -1.39. The highest BCUT2D eigenvalue weighted by molar-refractivity contribution is 5.80. The van der Waals surface area contributed by atoms with E-state index in [0.717, 1.165) is 0 Å². The Morgan fingerprint density at radius 1 is 1.33 bits per heavy atom. The summed E-state index contributed by atoms with van der Waals surface area (Å²) < 4.78 is 0. The first-order chi connectivity index (χ1) is 8.41. The minimum atomic E-state index is -0.467. The second-order valence-corrected chi connectivity index (χ2v) is 4.92. The molecule has 0 saturated heterocycles. The third kappa shape index (κ3) is 4.13. The first-order valence-corrected chi connectivity index (χ1v) is 6.18. The third-order valence-corrected chi connectivity index (χ3v) is 2.97. The summed E-state index contributed by atoms with van der Waals surface area (Å²) in [4.78, 5) is 13.6. The molecule has 4 nitrogen and oxygen atoms in total. The first kappa shape index (κ1) is 14.7. The molecule has 0 aliphatic heterocycles. The van der Waals surface area contributed by atoms with Crippen molar-refractivity contribution >= 4 is 5.91 Å².